The highest BCUT2D eigenvalue weighted by atomic mass is 16.3. The minimum atomic E-state index is -0.231. The number of nitrogens with zero attached hydrogens (tertiary/aromatic N) is 1. The van der Waals surface area contributed by atoms with Crippen LogP contribution >= 0.6 is 0 Å². The van der Waals surface area contributed by atoms with Gasteiger partial charge in [-0.25, -0.2) is 0 Å². The number of phenols is 2. The van der Waals surface area contributed by atoms with Gasteiger partial charge in [0, 0.05) is 42.0 Å². The SMILES string of the molecule is CCCC(C)NCCn1c2cc(O)c(C(C)=O)cc2c2cc(C(C)=O)c(O)cc21. The highest BCUT2D eigenvalue weighted by Crippen LogP contribution is 2.36. The Morgan fingerprint density at radius 2 is 1.45 bits per heavy atom. The van der Waals surface area contributed by atoms with Gasteiger partial charge in [-0.05, 0) is 39.3 Å². The molecule has 0 radical (unpaired) electrons. The molecule has 1 atom stereocenters. The minimum absolute atomic E-state index is 0.0719. The number of aromatic nitrogens is 1. The Kier molecular flexibility index (Phi) is 5.94. The molecule has 0 aliphatic heterocycles. The van der Waals surface area contributed by atoms with Crippen LogP contribution in [-0.2, 0) is 6.54 Å². The molecule has 6 heteroatoms. The lowest BCUT2D eigenvalue weighted by molar-refractivity contribution is 0.100. The van der Waals surface area contributed by atoms with Gasteiger partial charge in [-0.1, -0.05) is 13.3 Å². The molecular weight excluding hydrogens is 368 g/mol. The summed E-state index contributed by atoms with van der Waals surface area (Å²) >= 11 is 0. The first-order valence-corrected chi connectivity index (χ1v) is 10.0. The van der Waals surface area contributed by atoms with Gasteiger partial charge < -0.3 is 20.1 Å². The molecule has 3 rings (SSSR count). The summed E-state index contributed by atoms with van der Waals surface area (Å²) in [4.78, 5) is 23.8. The summed E-state index contributed by atoms with van der Waals surface area (Å²) in [5.41, 5.74) is 1.99. The van der Waals surface area contributed by atoms with Gasteiger partial charge in [-0.3, -0.25) is 9.59 Å². The summed E-state index contributed by atoms with van der Waals surface area (Å²) in [6.07, 6.45) is 2.19. The molecular formula is C23H28N2O4. The highest BCUT2D eigenvalue weighted by molar-refractivity contribution is 6.14. The van der Waals surface area contributed by atoms with Gasteiger partial charge in [0.05, 0.1) is 22.2 Å². The van der Waals surface area contributed by atoms with E-state index in [0.717, 1.165) is 34.6 Å². The number of aromatic hydroxyl groups is 2. The zero-order chi connectivity index (χ0) is 21.3. The summed E-state index contributed by atoms with van der Waals surface area (Å²) in [5.74, 6) is -0.605. The second-order valence-corrected chi connectivity index (χ2v) is 7.68. The predicted octanol–water partition coefficient (Wildman–Crippen LogP) is 4.39. The van der Waals surface area contributed by atoms with Crippen LogP contribution in [0.2, 0.25) is 0 Å². The molecule has 0 bridgehead atoms. The molecule has 0 spiro atoms. The Labute approximate surface area is 170 Å². The standard InChI is InChI=1S/C23H28N2O4/c1-5-6-13(2)24-7-8-25-20-11-22(28)16(14(3)26)9-18(20)19-10-17(15(4)27)23(29)12-21(19)25/h9-13,24,28-29H,5-8H2,1-4H3. The lowest BCUT2D eigenvalue weighted by Gasteiger charge is -2.14. The molecule has 0 saturated carbocycles. The van der Waals surface area contributed by atoms with Crippen LogP contribution in [0, 0.1) is 0 Å². The van der Waals surface area contributed by atoms with Crippen LogP contribution in [0.5, 0.6) is 11.5 Å². The molecule has 1 unspecified atom stereocenters. The number of carbonyl (C=O) groups excluding carboxylic acids is 2. The highest BCUT2D eigenvalue weighted by Gasteiger charge is 2.19. The normalized spacial score (nSPS) is 12.6. The Balaban J connectivity index is 2.19. The number of rotatable bonds is 8. The Morgan fingerprint density at radius 1 is 0.966 bits per heavy atom. The van der Waals surface area contributed by atoms with Crippen molar-refractivity contribution in [1.29, 1.82) is 0 Å². The van der Waals surface area contributed by atoms with Crippen molar-refractivity contribution in [3.63, 3.8) is 0 Å². The molecule has 2 aromatic carbocycles. The van der Waals surface area contributed by atoms with Crippen molar-refractivity contribution in [3.8, 4) is 11.5 Å². The topological polar surface area (TPSA) is 91.6 Å². The fourth-order valence-electron chi connectivity index (χ4n) is 3.93. The van der Waals surface area contributed by atoms with Gasteiger partial charge in [-0.15, -0.1) is 0 Å². The van der Waals surface area contributed by atoms with Gasteiger partial charge in [-0.2, -0.15) is 0 Å². The molecule has 0 saturated heterocycles. The Bertz CT molecular complexity index is 1020. The molecule has 3 N–H and O–H groups in total. The summed E-state index contributed by atoms with van der Waals surface area (Å²) in [6, 6.07) is 6.90. The van der Waals surface area contributed by atoms with Crippen molar-refractivity contribution in [2.75, 3.05) is 6.54 Å². The number of fused-ring (bicyclic) bond motifs is 3. The smallest absolute Gasteiger partial charge is 0.163 e. The van der Waals surface area contributed by atoms with Crippen LogP contribution in [0.3, 0.4) is 0 Å². The van der Waals surface area contributed by atoms with Gasteiger partial charge in [0.15, 0.2) is 11.6 Å². The first-order valence-electron chi connectivity index (χ1n) is 10.0. The number of carbonyl (C=O) groups is 2. The molecule has 1 aromatic heterocycles. The summed E-state index contributed by atoms with van der Waals surface area (Å²) in [5, 5.41) is 25.7. The van der Waals surface area contributed by atoms with Crippen molar-refractivity contribution in [2.45, 2.75) is 53.1 Å². The zero-order valence-electron chi connectivity index (χ0n) is 17.4. The van der Waals surface area contributed by atoms with E-state index >= 15 is 0 Å². The largest absolute Gasteiger partial charge is 0.507 e. The fourth-order valence-corrected chi connectivity index (χ4v) is 3.93. The maximum atomic E-state index is 11.9. The van der Waals surface area contributed by atoms with Crippen LogP contribution in [0.4, 0.5) is 0 Å². The van der Waals surface area contributed by atoms with E-state index in [4.69, 9.17) is 0 Å². The third kappa shape index (κ3) is 3.98. The average molecular weight is 396 g/mol. The zero-order valence-corrected chi connectivity index (χ0v) is 17.4. The van der Waals surface area contributed by atoms with Gasteiger partial charge in [0.2, 0.25) is 0 Å². The average Bonchev–Trinajstić information content (AvgIpc) is 2.92. The van der Waals surface area contributed by atoms with Crippen LogP contribution in [0.1, 0.15) is 61.3 Å². The Hall–Kier alpha value is -2.86. The van der Waals surface area contributed by atoms with E-state index in [1.165, 1.54) is 13.8 Å². The van der Waals surface area contributed by atoms with E-state index in [9.17, 15) is 19.8 Å². The maximum absolute atomic E-state index is 11.9. The van der Waals surface area contributed by atoms with Crippen LogP contribution in [-0.4, -0.2) is 38.9 Å². The van der Waals surface area contributed by atoms with Crippen molar-refractivity contribution in [3.05, 3.63) is 35.4 Å². The lowest BCUT2D eigenvalue weighted by atomic mass is 10.0. The van der Waals surface area contributed by atoms with Crippen molar-refractivity contribution < 1.29 is 19.8 Å². The quantitative estimate of drug-likeness (QED) is 0.491. The molecule has 0 fully saturated rings. The van der Waals surface area contributed by atoms with Gasteiger partial charge >= 0.3 is 0 Å². The molecule has 0 aliphatic rings. The van der Waals surface area contributed by atoms with Crippen molar-refractivity contribution in [2.24, 2.45) is 0 Å². The van der Waals surface area contributed by atoms with E-state index in [2.05, 4.69) is 19.2 Å². The molecule has 6 nitrogen and oxygen atoms in total. The third-order valence-corrected chi connectivity index (χ3v) is 5.41. The van der Waals surface area contributed by atoms with Crippen LogP contribution < -0.4 is 5.32 Å². The van der Waals surface area contributed by atoms with Crippen LogP contribution in [0.25, 0.3) is 21.8 Å². The summed E-state index contributed by atoms with van der Waals surface area (Å²) in [7, 11) is 0. The number of ketones is 2. The van der Waals surface area contributed by atoms with Gasteiger partial charge in [0.25, 0.3) is 0 Å². The number of hydrogen-bond acceptors (Lipinski definition) is 5. The van der Waals surface area contributed by atoms with E-state index in [-0.39, 0.29) is 34.2 Å². The number of benzene rings is 2. The number of phenolic OH excluding ortho intramolecular Hbond substituents is 2. The lowest BCUT2D eigenvalue weighted by Crippen LogP contribution is -2.29. The summed E-state index contributed by atoms with van der Waals surface area (Å²) < 4.78 is 2.00. The molecule has 0 amide bonds. The van der Waals surface area contributed by atoms with E-state index in [1.54, 1.807) is 24.3 Å². The summed E-state index contributed by atoms with van der Waals surface area (Å²) in [6.45, 7) is 8.44. The first kappa shape index (κ1) is 20.9. The number of nitrogens with one attached hydrogen (secondary N) is 1. The first-order chi connectivity index (χ1) is 13.7. The van der Waals surface area contributed by atoms with E-state index in [0.29, 0.717) is 19.1 Å². The predicted molar refractivity (Wildman–Crippen MR) is 115 cm³/mol. The minimum Gasteiger partial charge on any atom is -0.507 e. The molecule has 1 heterocycles. The maximum Gasteiger partial charge on any atom is 0.163 e. The van der Waals surface area contributed by atoms with E-state index in [1.807, 2.05) is 4.57 Å². The monoisotopic (exact) mass is 396 g/mol. The van der Waals surface area contributed by atoms with Gasteiger partial charge in [0.1, 0.15) is 11.5 Å². The molecule has 0 aliphatic carbocycles. The number of hydrogen-bond donors (Lipinski definition) is 3. The molecule has 3 aromatic rings. The molecule has 154 valence electrons. The number of Topliss-reactive ketones (excluding diaryl/α,β-unsaturated/α-hetero) is 2. The fraction of sp³-hybridized carbons (Fsp3) is 0.391. The Morgan fingerprint density at radius 3 is 1.86 bits per heavy atom. The van der Waals surface area contributed by atoms with Crippen molar-refractivity contribution >= 4 is 33.4 Å². The second kappa shape index (κ2) is 8.25. The van der Waals surface area contributed by atoms with E-state index < -0.39 is 0 Å². The van der Waals surface area contributed by atoms with Crippen molar-refractivity contribution in [1.82, 2.24) is 9.88 Å². The third-order valence-electron chi connectivity index (χ3n) is 5.41. The molecule has 29 heavy (non-hydrogen) atoms. The van der Waals surface area contributed by atoms with Crippen LogP contribution in [0.15, 0.2) is 24.3 Å². The second-order valence-electron chi connectivity index (χ2n) is 7.68.